The van der Waals surface area contributed by atoms with Gasteiger partial charge < -0.3 is 4.98 Å². The third-order valence-corrected chi connectivity index (χ3v) is 4.50. The van der Waals surface area contributed by atoms with Crippen molar-refractivity contribution >= 4 is 50.5 Å². The summed E-state index contributed by atoms with van der Waals surface area (Å²) < 4.78 is 14.3. The van der Waals surface area contributed by atoms with Gasteiger partial charge >= 0.3 is 0 Å². The van der Waals surface area contributed by atoms with Crippen molar-refractivity contribution in [2.75, 3.05) is 0 Å². The minimum Gasteiger partial charge on any atom is -0.304 e. The zero-order chi connectivity index (χ0) is 15.7. The minimum absolute atomic E-state index is 0.0761. The number of aromatic amines is 1. The lowest BCUT2D eigenvalue weighted by Gasteiger charge is -2.05. The second-order valence-corrected chi connectivity index (χ2v) is 6.34. The molecule has 22 heavy (non-hydrogen) atoms. The number of rotatable bonds is 3. The van der Waals surface area contributed by atoms with Gasteiger partial charge in [0.15, 0.2) is 10.8 Å². The van der Waals surface area contributed by atoms with Gasteiger partial charge in [-0.2, -0.15) is 0 Å². The Kier molecular flexibility index (Phi) is 4.42. The van der Waals surface area contributed by atoms with Crippen LogP contribution < -0.4 is 5.56 Å². The number of halogens is 3. The van der Waals surface area contributed by atoms with Crippen LogP contribution in [0.15, 0.2) is 39.0 Å². The Morgan fingerprint density at radius 2 is 2.18 bits per heavy atom. The smallest absolute Gasteiger partial charge is 0.268 e. The molecular weight excluding hydrogens is 395 g/mol. The monoisotopic (exact) mass is 400 g/mol. The Bertz CT molecular complexity index is 920. The van der Waals surface area contributed by atoms with Crippen molar-refractivity contribution in [2.45, 2.75) is 10.9 Å². The number of nitrogens with one attached hydrogen (secondary N) is 1. The Hall–Kier alpha value is -1.51. The van der Waals surface area contributed by atoms with Gasteiger partial charge in [-0.05, 0) is 27.6 Å². The summed E-state index contributed by atoms with van der Waals surface area (Å²) in [5.74, 6) is -0.138. The quantitative estimate of drug-likeness (QED) is 0.413. The summed E-state index contributed by atoms with van der Waals surface area (Å²) in [5, 5.41) is 0.467. The lowest BCUT2D eigenvalue weighted by molar-refractivity contribution is 0.617. The van der Waals surface area contributed by atoms with E-state index in [0.29, 0.717) is 32.2 Å². The summed E-state index contributed by atoms with van der Waals surface area (Å²) in [6, 6.07) is 4.82. The van der Waals surface area contributed by atoms with Gasteiger partial charge in [-0.15, -0.1) is 0 Å². The first-order chi connectivity index (χ1) is 10.5. The van der Waals surface area contributed by atoms with Crippen LogP contribution in [-0.2, 0) is 5.75 Å². The van der Waals surface area contributed by atoms with Crippen LogP contribution in [0.5, 0.6) is 0 Å². The molecule has 0 aliphatic heterocycles. The first-order valence-electron chi connectivity index (χ1n) is 6.03. The fourth-order valence-electron chi connectivity index (χ4n) is 1.75. The van der Waals surface area contributed by atoms with Crippen molar-refractivity contribution in [3.05, 3.63) is 55.8 Å². The number of hydrogen-bond acceptors (Lipinski definition) is 5. The maximum Gasteiger partial charge on any atom is 0.268 e. The van der Waals surface area contributed by atoms with Crippen LogP contribution in [0, 0.1) is 5.82 Å². The second-order valence-electron chi connectivity index (χ2n) is 4.24. The van der Waals surface area contributed by atoms with Gasteiger partial charge in [-0.25, -0.2) is 19.3 Å². The largest absolute Gasteiger partial charge is 0.304 e. The van der Waals surface area contributed by atoms with Crippen molar-refractivity contribution in [1.29, 1.82) is 0 Å². The fraction of sp³-hybridized carbons (Fsp3) is 0.0769. The van der Waals surface area contributed by atoms with Crippen molar-refractivity contribution in [2.24, 2.45) is 0 Å². The van der Waals surface area contributed by atoms with E-state index >= 15 is 0 Å². The molecule has 0 fully saturated rings. The lowest BCUT2D eigenvalue weighted by Crippen LogP contribution is -2.07. The molecule has 1 aromatic carbocycles. The molecule has 2 heterocycles. The van der Waals surface area contributed by atoms with Crippen LogP contribution >= 0.6 is 39.3 Å². The molecule has 0 radical (unpaired) electrons. The van der Waals surface area contributed by atoms with E-state index in [2.05, 4.69) is 35.9 Å². The highest BCUT2D eigenvalue weighted by Gasteiger charge is 2.11. The van der Waals surface area contributed by atoms with Gasteiger partial charge in [0.05, 0.1) is 11.2 Å². The Labute approximate surface area is 141 Å². The van der Waals surface area contributed by atoms with E-state index in [1.807, 2.05) is 0 Å². The van der Waals surface area contributed by atoms with E-state index in [-0.39, 0.29) is 10.6 Å². The first kappa shape index (κ1) is 15.4. The Balaban J connectivity index is 1.91. The van der Waals surface area contributed by atoms with E-state index in [1.54, 1.807) is 12.1 Å². The highest BCUT2D eigenvalue weighted by atomic mass is 79.9. The van der Waals surface area contributed by atoms with Crippen LogP contribution in [0.2, 0.25) is 5.02 Å². The SMILES string of the molecule is O=c1cnc2c(Br)nc(SCc3cccc(Cl)c3F)nc2[nH]1. The van der Waals surface area contributed by atoms with Crippen LogP contribution in [0.1, 0.15) is 5.56 Å². The number of H-pyrrole nitrogens is 1. The number of thioether (sulfide) groups is 1. The molecule has 0 bridgehead atoms. The Morgan fingerprint density at radius 1 is 1.36 bits per heavy atom. The van der Waals surface area contributed by atoms with Crippen molar-refractivity contribution in [3.8, 4) is 0 Å². The number of fused-ring (bicyclic) bond motifs is 1. The highest BCUT2D eigenvalue weighted by Crippen LogP contribution is 2.27. The summed E-state index contributed by atoms with van der Waals surface area (Å²) in [5.41, 5.74) is 0.883. The van der Waals surface area contributed by atoms with Crippen molar-refractivity contribution in [1.82, 2.24) is 19.9 Å². The predicted molar refractivity (Wildman–Crippen MR) is 86.6 cm³/mol. The molecule has 0 atom stereocenters. The van der Waals surface area contributed by atoms with Gasteiger partial charge in [0.25, 0.3) is 5.56 Å². The molecular formula is C13H7BrClFN4OS. The molecule has 0 aliphatic rings. The van der Waals surface area contributed by atoms with Gasteiger partial charge in [-0.3, -0.25) is 4.79 Å². The second kappa shape index (κ2) is 6.31. The number of hydrogen-bond donors (Lipinski definition) is 1. The minimum atomic E-state index is -0.452. The lowest BCUT2D eigenvalue weighted by atomic mass is 10.2. The summed E-state index contributed by atoms with van der Waals surface area (Å²) in [4.78, 5) is 26.3. The average molecular weight is 402 g/mol. The summed E-state index contributed by atoms with van der Waals surface area (Å²) in [6.45, 7) is 0. The molecule has 2 aromatic heterocycles. The molecule has 3 aromatic rings. The molecule has 0 saturated heterocycles. The van der Waals surface area contributed by atoms with Crippen LogP contribution in [-0.4, -0.2) is 19.9 Å². The zero-order valence-corrected chi connectivity index (χ0v) is 14.0. The highest BCUT2D eigenvalue weighted by molar-refractivity contribution is 9.10. The van der Waals surface area contributed by atoms with Crippen LogP contribution in [0.3, 0.4) is 0 Å². The maximum atomic E-state index is 13.8. The third-order valence-electron chi connectivity index (χ3n) is 2.76. The van der Waals surface area contributed by atoms with E-state index in [4.69, 9.17) is 11.6 Å². The van der Waals surface area contributed by atoms with E-state index in [1.165, 1.54) is 17.8 Å². The molecule has 0 amide bonds. The van der Waals surface area contributed by atoms with Crippen LogP contribution in [0.4, 0.5) is 4.39 Å². The maximum absolute atomic E-state index is 13.8. The predicted octanol–water partition coefficient (Wildman–Crippen LogP) is 3.56. The number of nitrogens with zero attached hydrogens (tertiary/aromatic N) is 3. The molecule has 9 heteroatoms. The van der Waals surface area contributed by atoms with Gasteiger partial charge in [0, 0.05) is 5.75 Å². The summed E-state index contributed by atoms with van der Waals surface area (Å²) in [6.07, 6.45) is 1.16. The molecule has 5 nitrogen and oxygen atoms in total. The molecule has 0 unspecified atom stereocenters. The van der Waals surface area contributed by atoms with E-state index < -0.39 is 5.82 Å². The molecule has 0 aliphatic carbocycles. The Morgan fingerprint density at radius 3 is 3.00 bits per heavy atom. The van der Waals surface area contributed by atoms with Crippen molar-refractivity contribution in [3.63, 3.8) is 0 Å². The topological polar surface area (TPSA) is 71.5 Å². The fourth-order valence-corrected chi connectivity index (χ4v) is 3.34. The normalized spacial score (nSPS) is 11.0. The molecule has 3 rings (SSSR count). The number of aromatic nitrogens is 4. The summed E-state index contributed by atoms with van der Waals surface area (Å²) in [7, 11) is 0. The zero-order valence-electron chi connectivity index (χ0n) is 10.8. The van der Waals surface area contributed by atoms with E-state index in [9.17, 15) is 9.18 Å². The average Bonchev–Trinajstić information content (AvgIpc) is 2.48. The first-order valence-corrected chi connectivity index (χ1v) is 8.18. The third kappa shape index (κ3) is 3.13. The van der Waals surface area contributed by atoms with Crippen LogP contribution in [0.25, 0.3) is 11.2 Å². The van der Waals surface area contributed by atoms with Gasteiger partial charge in [0.1, 0.15) is 15.9 Å². The standard InChI is InChI=1S/C13H7BrClFN4OS/c14-11-10-12(18-8(21)4-17-10)20-13(19-11)22-5-6-2-1-3-7(15)9(6)16/h1-4H,5H2,(H,18,19,20,21). The summed E-state index contributed by atoms with van der Waals surface area (Å²) >= 11 is 10.3. The molecule has 0 spiro atoms. The molecule has 0 saturated carbocycles. The van der Waals surface area contributed by atoms with Gasteiger partial charge in [-0.1, -0.05) is 35.5 Å². The molecule has 112 valence electrons. The van der Waals surface area contributed by atoms with Gasteiger partial charge in [0.2, 0.25) is 0 Å². The molecule has 1 N–H and O–H groups in total. The van der Waals surface area contributed by atoms with E-state index in [0.717, 1.165) is 6.20 Å². The van der Waals surface area contributed by atoms with Crippen molar-refractivity contribution < 1.29 is 4.39 Å². The number of benzene rings is 1.